The molecule has 2 heterocycles. The van der Waals surface area contributed by atoms with Gasteiger partial charge in [0.2, 0.25) is 0 Å². The number of carbonyl (C=O) groups is 2. The van der Waals surface area contributed by atoms with Gasteiger partial charge in [-0.15, -0.1) is 0 Å². The number of fused-ring (bicyclic) bond motifs is 2. The van der Waals surface area contributed by atoms with Gasteiger partial charge in [-0.3, -0.25) is 4.79 Å². The number of nitrogens with zero attached hydrogens (tertiary/aromatic N) is 2. The normalized spacial score (nSPS) is 20.7. The number of esters is 1. The summed E-state index contributed by atoms with van der Waals surface area (Å²) in [7, 11) is -1.52. The Balaban J connectivity index is 1.47. The number of amides is 1. The molecule has 1 saturated heterocycles. The Morgan fingerprint density at radius 1 is 1.10 bits per heavy atom. The molecule has 2 aromatic carbocycles. The van der Waals surface area contributed by atoms with Crippen molar-refractivity contribution < 1.29 is 27.5 Å². The Kier molecular flexibility index (Phi) is 7.94. The van der Waals surface area contributed by atoms with Crippen molar-refractivity contribution in [2.75, 3.05) is 31.8 Å². The largest absolute Gasteiger partial charge is 0.497 e. The first-order chi connectivity index (χ1) is 19.2. The lowest BCUT2D eigenvalue weighted by molar-refractivity contribution is -0.136. The first-order valence-electron chi connectivity index (χ1n) is 13.6. The number of benzene rings is 2. The molecule has 2 atom stereocenters. The van der Waals surface area contributed by atoms with Crippen molar-refractivity contribution in [3.05, 3.63) is 70.9 Å². The standard InChI is InChI=1S/C31H34N2O6S/c1-4-33(23-13-14-40(36,37)19-23)28(34)18-39-31(35)29-25-7-5-6-8-27(25)32-30-22(15-20(2)16-26(29)30)17-21-9-11-24(38-3)12-10-21/h5-12,17,20,23H,4,13-16,18-19H2,1-3H3/b22-17-/t20-,23+/m0/s1. The molecule has 9 heteroatoms. The number of methoxy groups -OCH3 is 1. The van der Waals surface area contributed by atoms with Crippen molar-refractivity contribution in [1.29, 1.82) is 0 Å². The molecule has 40 heavy (non-hydrogen) atoms. The van der Waals surface area contributed by atoms with Crippen molar-refractivity contribution in [1.82, 2.24) is 9.88 Å². The van der Waals surface area contributed by atoms with E-state index < -0.39 is 28.3 Å². The highest BCUT2D eigenvalue weighted by Gasteiger charge is 2.35. The summed E-state index contributed by atoms with van der Waals surface area (Å²) in [6, 6.07) is 14.9. The molecule has 8 nitrogen and oxygen atoms in total. The predicted molar refractivity (Wildman–Crippen MR) is 155 cm³/mol. The van der Waals surface area contributed by atoms with Crippen LogP contribution < -0.4 is 4.74 Å². The molecule has 2 aliphatic rings. The third kappa shape index (κ3) is 5.75. The third-order valence-corrected chi connectivity index (χ3v) is 9.47. The van der Waals surface area contributed by atoms with Crippen molar-refractivity contribution in [3.8, 4) is 5.75 Å². The van der Waals surface area contributed by atoms with E-state index in [-0.39, 0.29) is 23.5 Å². The molecule has 0 bridgehead atoms. The van der Waals surface area contributed by atoms with E-state index in [1.54, 1.807) is 14.0 Å². The van der Waals surface area contributed by atoms with Gasteiger partial charge in [-0.2, -0.15) is 0 Å². The van der Waals surface area contributed by atoms with E-state index in [9.17, 15) is 18.0 Å². The van der Waals surface area contributed by atoms with E-state index in [2.05, 4.69) is 13.0 Å². The molecule has 1 aromatic heterocycles. The van der Waals surface area contributed by atoms with E-state index in [0.29, 0.717) is 35.9 Å². The van der Waals surface area contributed by atoms with Crippen LogP contribution in [-0.4, -0.2) is 68.0 Å². The summed E-state index contributed by atoms with van der Waals surface area (Å²) in [4.78, 5) is 33.2. The van der Waals surface area contributed by atoms with Crippen molar-refractivity contribution in [2.24, 2.45) is 5.92 Å². The Morgan fingerprint density at radius 2 is 1.85 bits per heavy atom. The number of hydrogen-bond acceptors (Lipinski definition) is 7. The van der Waals surface area contributed by atoms with Crippen molar-refractivity contribution >= 4 is 44.3 Å². The number of para-hydroxylation sites is 1. The highest BCUT2D eigenvalue weighted by molar-refractivity contribution is 7.91. The lowest BCUT2D eigenvalue weighted by atomic mass is 9.80. The molecular weight excluding hydrogens is 528 g/mol. The topological polar surface area (TPSA) is 103 Å². The van der Waals surface area contributed by atoms with Gasteiger partial charge in [-0.25, -0.2) is 18.2 Å². The molecular formula is C31H34N2O6S. The Morgan fingerprint density at radius 3 is 2.52 bits per heavy atom. The van der Waals surface area contributed by atoms with Gasteiger partial charge in [-0.05, 0) is 73.1 Å². The van der Waals surface area contributed by atoms with Crippen molar-refractivity contribution in [2.45, 2.75) is 39.2 Å². The molecule has 1 fully saturated rings. The third-order valence-electron chi connectivity index (χ3n) is 7.72. The summed E-state index contributed by atoms with van der Waals surface area (Å²) in [6.45, 7) is 3.85. The van der Waals surface area contributed by atoms with Crippen LogP contribution in [-0.2, 0) is 25.8 Å². The van der Waals surface area contributed by atoms with E-state index in [4.69, 9.17) is 14.5 Å². The number of pyridine rings is 1. The number of hydrogen-bond donors (Lipinski definition) is 0. The zero-order valence-electron chi connectivity index (χ0n) is 23.1. The number of likely N-dealkylation sites (N-methyl/N-ethyl adjacent to an activating group) is 1. The minimum Gasteiger partial charge on any atom is -0.497 e. The zero-order chi connectivity index (χ0) is 28.4. The van der Waals surface area contributed by atoms with Gasteiger partial charge in [0, 0.05) is 18.0 Å². The Hall–Kier alpha value is -3.72. The number of rotatable bonds is 7. The van der Waals surface area contributed by atoms with Crippen LogP contribution in [0.5, 0.6) is 5.75 Å². The van der Waals surface area contributed by atoms with Crippen LogP contribution in [0, 0.1) is 5.92 Å². The van der Waals surface area contributed by atoms with Crippen LogP contribution in [0.15, 0.2) is 48.5 Å². The number of carbonyl (C=O) groups excluding carboxylic acids is 2. The van der Waals surface area contributed by atoms with Crippen LogP contribution >= 0.6 is 0 Å². The second-order valence-corrected chi connectivity index (χ2v) is 12.8. The zero-order valence-corrected chi connectivity index (χ0v) is 23.9. The maximum atomic E-state index is 13.7. The average Bonchev–Trinajstić information content (AvgIpc) is 3.30. The highest BCUT2D eigenvalue weighted by atomic mass is 32.2. The molecule has 0 unspecified atom stereocenters. The molecule has 1 aliphatic heterocycles. The predicted octanol–water partition coefficient (Wildman–Crippen LogP) is 4.56. The van der Waals surface area contributed by atoms with E-state index in [1.807, 2.05) is 48.5 Å². The number of aromatic nitrogens is 1. The smallest absolute Gasteiger partial charge is 0.339 e. The second kappa shape index (κ2) is 11.4. The van der Waals surface area contributed by atoms with Gasteiger partial charge < -0.3 is 14.4 Å². The summed E-state index contributed by atoms with van der Waals surface area (Å²) in [6.07, 6.45) is 3.97. The van der Waals surface area contributed by atoms with Gasteiger partial charge >= 0.3 is 5.97 Å². The maximum absolute atomic E-state index is 13.7. The molecule has 3 aromatic rings. The molecule has 1 amide bonds. The number of ether oxygens (including phenoxy) is 2. The summed E-state index contributed by atoms with van der Waals surface area (Å²) < 4.78 is 34.8. The van der Waals surface area contributed by atoms with Gasteiger partial charge in [0.05, 0.1) is 35.4 Å². The molecule has 0 radical (unpaired) electrons. The van der Waals surface area contributed by atoms with Crippen LogP contribution in [0.3, 0.4) is 0 Å². The van der Waals surface area contributed by atoms with Gasteiger partial charge in [-0.1, -0.05) is 37.3 Å². The fourth-order valence-corrected chi connectivity index (χ4v) is 7.54. The monoisotopic (exact) mass is 562 g/mol. The van der Waals surface area contributed by atoms with E-state index >= 15 is 0 Å². The maximum Gasteiger partial charge on any atom is 0.339 e. The van der Waals surface area contributed by atoms with Crippen LogP contribution in [0.25, 0.3) is 22.6 Å². The lowest BCUT2D eigenvalue weighted by Crippen LogP contribution is -2.43. The Bertz CT molecular complexity index is 1580. The summed E-state index contributed by atoms with van der Waals surface area (Å²) in [5.41, 5.74) is 4.76. The van der Waals surface area contributed by atoms with E-state index in [1.165, 1.54) is 4.90 Å². The van der Waals surface area contributed by atoms with Gasteiger partial charge in [0.25, 0.3) is 5.91 Å². The lowest BCUT2D eigenvalue weighted by Gasteiger charge is -2.28. The molecule has 1 aliphatic carbocycles. The Labute approximate surface area is 234 Å². The first-order valence-corrected chi connectivity index (χ1v) is 15.4. The van der Waals surface area contributed by atoms with Crippen LogP contribution in [0.1, 0.15) is 53.9 Å². The van der Waals surface area contributed by atoms with Gasteiger partial charge in [0.1, 0.15) is 5.75 Å². The summed E-state index contributed by atoms with van der Waals surface area (Å²) >= 11 is 0. The van der Waals surface area contributed by atoms with Crippen LogP contribution in [0.2, 0.25) is 0 Å². The minimum absolute atomic E-state index is 0.0514. The van der Waals surface area contributed by atoms with Crippen LogP contribution in [0.4, 0.5) is 0 Å². The summed E-state index contributed by atoms with van der Waals surface area (Å²) in [5.74, 6) is 0.104. The molecule has 5 rings (SSSR count). The second-order valence-electron chi connectivity index (χ2n) is 10.6. The quantitative estimate of drug-likeness (QED) is 0.389. The molecule has 0 saturated carbocycles. The highest BCUT2D eigenvalue weighted by Crippen LogP contribution is 2.39. The minimum atomic E-state index is -3.15. The average molecular weight is 563 g/mol. The fraction of sp³-hybridized carbons (Fsp3) is 0.387. The molecule has 210 valence electrons. The molecule has 0 N–H and O–H groups in total. The summed E-state index contributed by atoms with van der Waals surface area (Å²) in [5, 5.41) is 0.686. The van der Waals surface area contributed by atoms with E-state index in [0.717, 1.165) is 34.6 Å². The van der Waals surface area contributed by atoms with Crippen molar-refractivity contribution in [3.63, 3.8) is 0 Å². The first kappa shape index (κ1) is 27.8. The number of sulfone groups is 1. The number of allylic oxidation sites excluding steroid dienone is 1. The van der Waals surface area contributed by atoms with Gasteiger partial charge in [0.15, 0.2) is 16.4 Å². The SMILES string of the molecule is CCN(C(=O)COC(=O)c1c2c(nc3ccccc13)/C(=C\c1ccc(OC)cc1)C[C@H](C)C2)[C@@H]1CCS(=O)(=O)C1. The molecule has 0 spiro atoms. The fourth-order valence-electron chi connectivity index (χ4n) is 5.81.